The van der Waals surface area contributed by atoms with Crippen LogP contribution in [0.15, 0.2) is 38.9 Å². The third kappa shape index (κ3) is 3.61. The van der Waals surface area contributed by atoms with Crippen molar-refractivity contribution in [1.29, 1.82) is 0 Å². The second-order valence-electron chi connectivity index (χ2n) is 5.80. The van der Waals surface area contributed by atoms with Gasteiger partial charge in [0.15, 0.2) is 5.65 Å². The standard InChI is InChI=1S/C17H16FN5O3S/c1-9-19-14-13(16(25)23(3)17(26)22(14)2)15(20-9)27-8-12(24)21-11-7-5-4-6-10(11)18/h4-7H,8H2,1-3H3,(H,21,24). The smallest absolute Gasteiger partial charge is 0.323 e. The maximum Gasteiger partial charge on any atom is 0.332 e. The van der Waals surface area contributed by atoms with Crippen LogP contribution in [0.25, 0.3) is 11.0 Å². The third-order valence-electron chi connectivity index (χ3n) is 3.87. The normalized spacial score (nSPS) is 11.0. The number of carbonyl (C=O) groups excluding carboxylic acids is 1. The molecule has 1 N–H and O–H groups in total. The van der Waals surface area contributed by atoms with Crippen LogP contribution in [0.2, 0.25) is 0 Å². The van der Waals surface area contributed by atoms with E-state index in [9.17, 15) is 18.8 Å². The summed E-state index contributed by atoms with van der Waals surface area (Å²) < 4.78 is 15.9. The van der Waals surface area contributed by atoms with Crippen LogP contribution in [0.1, 0.15) is 5.82 Å². The molecule has 0 unspecified atom stereocenters. The van der Waals surface area contributed by atoms with Crippen molar-refractivity contribution in [3.05, 3.63) is 56.7 Å². The first-order valence-corrected chi connectivity index (χ1v) is 8.89. The summed E-state index contributed by atoms with van der Waals surface area (Å²) in [6, 6.07) is 5.83. The van der Waals surface area contributed by atoms with Gasteiger partial charge in [0.1, 0.15) is 22.1 Å². The molecule has 10 heteroatoms. The summed E-state index contributed by atoms with van der Waals surface area (Å²) in [4.78, 5) is 45.2. The lowest BCUT2D eigenvalue weighted by Crippen LogP contribution is -2.37. The van der Waals surface area contributed by atoms with Crippen LogP contribution >= 0.6 is 11.8 Å². The highest BCUT2D eigenvalue weighted by Gasteiger charge is 2.17. The number of nitrogens with zero attached hydrogens (tertiary/aromatic N) is 4. The van der Waals surface area contributed by atoms with Gasteiger partial charge < -0.3 is 5.32 Å². The summed E-state index contributed by atoms with van der Waals surface area (Å²) in [6.45, 7) is 1.63. The number of amides is 1. The van der Waals surface area contributed by atoms with Crippen LogP contribution in [0.3, 0.4) is 0 Å². The first kappa shape index (κ1) is 18.8. The number of thioether (sulfide) groups is 1. The topological polar surface area (TPSA) is 98.9 Å². The summed E-state index contributed by atoms with van der Waals surface area (Å²) in [5, 5.41) is 2.92. The van der Waals surface area contributed by atoms with Gasteiger partial charge in [-0.1, -0.05) is 23.9 Å². The lowest BCUT2D eigenvalue weighted by atomic mass is 10.3. The molecule has 2 heterocycles. The van der Waals surface area contributed by atoms with Gasteiger partial charge in [0.25, 0.3) is 5.56 Å². The van der Waals surface area contributed by atoms with Crippen molar-refractivity contribution in [2.24, 2.45) is 14.1 Å². The van der Waals surface area contributed by atoms with E-state index < -0.39 is 23.0 Å². The quantitative estimate of drug-likeness (QED) is 0.532. The number of fused-ring (bicyclic) bond motifs is 1. The van der Waals surface area contributed by atoms with Crippen LogP contribution in [0.5, 0.6) is 0 Å². The van der Waals surface area contributed by atoms with Gasteiger partial charge in [0, 0.05) is 14.1 Å². The molecular formula is C17H16FN5O3S. The Bertz CT molecular complexity index is 1170. The molecule has 0 aliphatic rings. The largest absolute Gasteiger partial charge is 0.332 e. The summed E-state index contributed by atoms with van der Waals surface area (Å²) >= 11 is 1.02. The van der Waals surface area contributed by atoms with Gasteiger partial charge >= 0.3 is 5.69 Å². The number of aromatic nitrogens is 4. The van der Waals surface area contributed by atoms with Crippen LogP contribution in [-0.4, -0.2) is 30.8 Å². The number of rotatable bonds is 4. The number of para-hydroxylation sites is 1. The van der Waals surface area contributed by atoms with Crippen molar-refractivity contribution in [2.75, 3.05) is 11.1 Å². The van der Waals surface area contributed by atoms with E-state index in [-0.39, 0.29) is 27.5 Å². The van der Waals surface area contributed by atoms with Crippen LogP contribution < -0.4 is 16.6 Å². The Labute approximate surface area is 157 Å². The SMILES string of the molecule is Cc1nc(SCC(=O)Nc2ccccc2F)c2c(=O)n(C)c(=O)n(C)c2n1. The van der Waals surface area contributed by atoms with Crippen molar-refractivity contribution in [3.8, 4) is 0 Å². The molecule has 0 aliphatic heterocycles. The minimum absolute atomic E-state index is 0.0742. The molecule has 1 aromatic carbocycles. The lowest BCUT2D eigenvalue weighted by molar-refractivity contribution is -0.113. The Balaban J connectivity index is 1.93. The Morgan fingerprint density at radius 2 is 1.89 bits per heavy atom. The minimum Gasteiger partial charge on any atom is -0.323 e. The molecule has 3 aromatic rings. The molecule has 0 saturated heterocycles. The average Bonchev–Trinajstić information content (AvgIpc) is 2.64. The highest BCUT2D eigenvalue weighted by molar-refractivity contribution is 8.00. The fourth-order valence-corrected chi connectivity index (χ4v) is 3.38. The monoisotopic (exact) mass is 389 g/mol. The maximum absolute atomic E-state index is 13.6. The van der Waals surface area contributed by atoms with Gasteiger partial charge in [0.2, 0.25) is 5.91 Å². The molecule has 0 fully saturated rings. The Hall–Kier alpha value is -3.01. The lowest BCUT2D eigenvalue weighted by Gasteiger charge is -2.11. The zero-order valence-corrected chi connectivity index (χ0v) is 15.6. The predicted molar refractivity (Wildman–Crippen MR) is 101 cm³/mol. The number of halogens is 1. The van der Waals surface area contributed by atoms with Crippen molar-refractivity contribution in [2.45, 2.75) is 11.9 Å². The molecule has 27 heavy (non-hydrogen) atoms. The fraction of sp³-hybridized carbons (Fsp3) is 0.235. The first-order valence-electron chi connectivity index (χ1n) is 7.91. The number of hydrogen-bond donors (Lipinski definition) is 1. The van der Waals surface area contributed by atoms with Gasteiger partial charge in [-0.3, -0.25) is 18.7 Å². The fourth-order valence-electron chi connectivity index (χ4n) is 2.52. The van der Waals surface area contributed by atoms with Crippen molar-refractivity contribution >= 4 is 34.4 Å². The molecule has 3 rings (SSSR count). The second kappa shape index (κ2) is 7.31. The molecule has 1 amide bonds. The van der Waals surface area contributed by atoms with Gasteiger partial charge in [-0.15, -0.1) is 0 Å². The van der Waals surface area contributed by atoms with Gasteiger partial charge in [-0.2, -0.15) is 0 Å². The second-order valence-corrected chi connectivity index (χ2v) is 6.76. The highest BCUT2D eigenvalue weighted by atomic mass is 32.2. The third-order valence-corrected chi connectivity index (χ3v) is 4.84. The van der Waals surface area contributed by atoms with Crippen molar-refractivity contribution in [3.63, 3.8) is 0 Å². The maximum atomic E-state index is 13.6. The molecule has 0 saturated carbocycles. The van der Waals surface area contributed by atoms with Gasteiger partial charge in [0.05, 0.1) is 11.4 Å². The molecule has 0 radical (unpaired) electrons. The van der Waals surface area contributed by atoms with E-state index in [0.29, 0.717) is 5.82 Å². The van der Waals surface area contributed by atoms with Crippen molar-refractivity contribution in [1.82, 2.24) is 19.1 Å². The average molecular weight is 389 g/mol. The highest BCUT2D eigenvalue weighted by Crippen LogP contribution is 2.22. The minimum atomic E-state index is -0.539. The zero-order valence-electron chi connectivity index (χ0n) is 14.8. The number of benzene rings is 1. The van der Waals surface area contributed by atoms with E-state index in [1.165, 1.54) is 36.9 Å². The van der Waals surface area contributed by atoms with Gasteiger partial charge in [-0.05, 0) is 19.1 Å². The molecule has 0 bridgehead atoms. The van der Waals surface area contributed by atoms with E-state index in [2.05, 4.69) is 15.3 Å². The number of nitrogens with one attached hydrogen (secondary N) is 1. The zero-order chi connectivity index (χ0) is 19.7. The van der Waals surface area contributed by atoms with E-state index in [0.717, 1.165) is 16.3 Å². The van der Waals surface area contributed by atoms with Crippen LogP contribution in [0, 0.1) is 12.7 Å². The van der Waals surface area contributed by atoms with Crippen LogP contribution in [0.4, 0.5) is 10.1 Å². The van der Waals surface area contributed by atoms with E-state index >= 15 is 0 Å². The Kier molecular flexibility index (Phi) is 5.08. The molecule has 8 nitrogen and oxygen atoms in total. The summed E-state index contributed by atoms with van der Waals surface area (Å²) in [7, 11) is 2.87. The summed E-state index contributed by atoms with van der Waals surface area (Å²) in [5.41, 5.74) is -0.762. The number of hydrogen-bond acceptors (Lipinski definition) is 6. The van der Waals surface area contributed by atoms with Crippen LogP contribution in [-0.2, 0) is 18.9 Å². The number of anilines is 1. The molecule has 0 spiro atoms. The first-order chi connectivity index (χ1) is 12.8. The molecule has 2 aromatic heterocycles. The molecule has 140 valence electrons. The number of carbonyl (C=O) groups is 1. The molecular weight excluding hydrogens is 373 g/mol. The molecule has 0 atom stereocenters. The van der Waals surface area contributed by atoms with Crippen molar-refractivity contribution < 1.29 is 9.18 Å². The van der Waals surface area contributed by atoms with Gasteiger partial charge in [-0.25, -0.2) is 19.2 Å². The summed E-state index contributed by atoms with van der Waals surface area (Å²) in [6.07, 6.45) is 0. The molecule has 0 aliphatic carbocycles. The predicted octanol–water partition coefficient (Wildman–Crippen LogP) is 1.21. The summed E-state index contributed by atoms with van der Waals surface area (Å²) in [5.74, 6) is -0.715. The van der Waals surface area contributed by atoms with E-state index in [1.807, 2.05) is 0 Å². The Morgan fingerprint density at radius 1 is 1.19 bits per heavy atom. The van der Waals surface area contributed by atoms with E-state index in [4.69, 9.17) is 0 Å². The van der Waals surface area contributed by atoms with E-state index in [1.54, 1.807) is 13.0 Å². The Morgan fingerprint density at radius 3 is 2.59 bits per heavy atom. The number of aryl methyl sites for hydroxylation is 2.